The molecule has 0 aliphatic carbocycles. The van der Waals surface area contributed by atoms with E-state index in [0.29, 0.717) is 31.3 Å². The number of piperidine rings is 2. The zero-order chi connectivity index (χ0) is 19.2. The Labute approximate surface area is 163 Å². The number of amides is 2. The molecule has 2 aliphatic heterocycles. The third kappa shape index (κ3) is 5.47. The van der Waals surface area contributed by atoms with E-state index in [9.17, 15) is 9.59 Å². The second kappa shape index (κ2) is 9.25. The minimum absolute atomic E-state index is 0.176. The van der Waals surface area contributed by atoms with E-state index in [1.54, 1.807) is 0 Å². The summed E-state index contributed by atoms with van der Waals surface area (Å²) in [5, 5.41) is 3.59. The number of nitrogens with one attached hydrogen (secondary N) is 1. The molecule has 0 spiro atoms. The predicted octanol–water partition coefficient (Wildman–Crippen LogP) is 3.62. The standard InChI is InChI=1S/C22H33N3O2/c1-17(2)18-8-10-19(11-9-18)23-20-6-5-14-25(16-20)22(27)12-15-24-13-4-3-7-21(24)26/h8-11,17,20,23H,3-7,12-16H2,1-2H3/t20-/m1/s1. The van der Waals surface area contributed by atoms with E-state index in [-0.39, 0.29) is 11.8 Å². The van der Waals surface area contributed by atoms with Gasteiger partial charge in [-0.1, -0.05) is 26.0 Å². The third-order valence-corrected chi connectivity index (χ3v) is 5.74. The van der Waals surface area contributed by atoms with Gasteiger partial charge in [0, 0.05) is 50.7 Å². The van der Waals surface area contributed by atoms with Crippen molar-refractivity contribution in [1.82, 2.24) is 9.80 Å². The molecule has 0 saturated carbocycles. The van der Waals surface area contributed by atoms with Gasteiger partial charge in [0.2, 0.25) is 11.8 Å². The normalized spacial score (nSPS) is 20.9. The highest BCUT2D eigenvalue weighted by Crippen LogP contribution is 2.20. The van der Waals surface area contributed by atoms with E-state index in [2.05, 4.69) is 43.4 Å². The highest BCUT2D eigenvalue weighted by atomic mass is 16.2. The van der Waals surface area contributed by atoms with Crippen molar-refractivity contribution in [3.8, 4) is 0 Å². The van der Waals surface area contributed by atoms with Crippen LogP contribution in [0.4, 0.5) is 5.69 Å². The van der Waals surface area contributed by atoms with Crippen molar-refractivity contribution < 1.29 is 9.59 Å². The lowest BCUT2D eigenvalue weighted by molar-refractivity contribution is -0.136. The van der Waals surface area contributed by atoms with Crippen molar-refractivity contribution in [1.29, 1.82) is 0 Å². The van der Waals surface area contributed by atoms with Crippen molar-refractivity contribution in [2.24, 2.45) is 0 Å². The molecule has 2 amide bonds. The molecule has 2 aliphatic rings. The Morgan fingerprint density at radius 2 is 1.93 bits per heavy atom. The van der Waals surface area contributed by atoms with Crippen LogP contribution in [0.3, 0.4) is 0 Å². The monoisotopic (exact) mass is 371 g/mol. The summed E-state index contributed by atoms with van der Waals surface area (Å²) in [4.78, 5) is 28.3. The smallest absolute Gasteiger partial charge is 0.224 e. The lowest BCUT2D eigenvalue weighted by Crippen LogP contribution is -2.46. The van der Waals surface area contributed by atoms with Crippen molar-refractivity contribution in [3.63, 3.8) is 0 Å². The minimum atomic E-state index is 0.176. The van der Waals surface area contributed by atoms with E-state index >= 15 is 0 Å². The molecule has 0 bridgehead atoms. The Morgan fingerprint density at radius 3 is 2.63 bits per heavy atom. The molecule has 1 aromatic carbocycles. The first kappa shape index (κ1) is 19.7. The van der Waals surface area contributed by atoms with E-state index in [4.69, 9.17) is 0 Å². The average molecular weight is 372 g/mol. The summed E-state index contributed by atoms with van der Waals surface area (Å²) >= 11 is 0. The molecule has 0 unspecified atom stereocenters. The maximum atomic E-state index is 12.6. The van der Waals surface area contributed by atoms with Crippen molar-refractivity contribution in [2.45, 2.75) is 64.3 Å². The Hall–Kier alpha value is -2.04. The molecule has 2 saturated heterocycles. The molecule has 148 valence electrons. The average Bonchev–Trinajstić information content (AvgIpc) is 2.68. The number of anilines is 1. The summed E-state index contributed by atoms with van der Waals surface area (Å²) in [6.07, 6.45) is 5.24. The highest BCUT2D eigenvalue weighted by molar-refractivity contribution is 5.79. The summed E-state index contributed by atoms with van der Waals surface area (Å²) in [6.45, 7) is 7.36. The molecule has 5 heteroatoms. The molecule has 1 atom stereocenters. The number of rotatable bonds is 6. The highest BCUT2D eigenvalue weighted by Gasteiger charge is 2.25. The van der Waals surface area contributed by atoms with E-state index in [1.165, 1.54) is 5.56 Å². The summed E-state index contributed by atoms with van der Waals surface area (Å²) < 4.78 is 0. The van der Waals surface area contributed by atoms with Crippen LogP contribution < -0.4 is 5.32 Å². The van der Waals surface area contributed by atoms with Gasteiger partial charge in [-0.2, -0.15) is 0 Å². The first-order valence-corrected chi connectivity index (χ1v) is 10.4. The van der Waals surface area contributed by atoms with Crippen molar-refractivity contribution in [2.75, 3.05) is 31.5 Å². The lowest BCUT2D eigenvalue weighted by Gasteiger charge is -2.34. The first-order valence-electron chi connectivity index (χ1n) is 10.4. The maximum Gasteiger partial charge on any atom is 0.224 e. The first-order chi connectivity index (χ1) is 13.0. The Bertz CT molecular complexity index is 641. The van der Waals surface area contributed by atoms with E-state index in [1.807, 2.05) is 9.80 Å². The van der Waals surface area contributed by atoms with Gasteiger partial charge in [-0.3, -0.25) is 9.59 Å². The van der Waals surface area contributed by atoms with Gasteiger partial charge in [0.25, 0.3) is 0 Å². The van der Waals surface area contributed by atoms with Crippen LogP contribution >= 0.6 is 0 Å². The quantitative estimate of drug-likeness (QED) is 0.831. The Morgan fingerprint density at radius 1 is 1.15 bits per heavy atom. The van der Waals surface area contributed by atoms with Crippen LogP contribution in [-0.4, -0.2) is 53.8 Å². The zero-order valence-corrected chi connectivity index (χ0v) is 16.7. The Kier molecular flexibility index (Phi) is 6.75. The van der Waals surface area contributed by atoms with Crippen molar-refractivity contribution >= 4 is 17.5 Å². The number of carbonyl (C=O) groups excluding carboxylic acids is 2. The van der Waals surface area contributed by atoms with Gasteiger partial charge in [0.1, 0.15) is 0 Å². The fourth-order valence-corrected chi connectivity index (χ4v) is 4.01. The topological polar surface area (TPSA) is 52.7 Å². The Balaban J connectivity index is 1.48. The third-order valence-electron chi connectivity index (χ3n) is 5.74. The van der Waals surface area contributed by atoms with Gasteiger partial charge < -0.3 is 15.1 Å². The fraction of sp³-hybridized carbons (Fsp3) is 0.636. The van der Waals surface area contributed by atoms with E-state index < -0.39 is 0 Å². The van der Waals surface area contributed by atoms with Crippen LogP contribution in [-0.2, 0) is 9.59 Å². The lowest BCUT2D eigenvalue weighted by atomic mass is 10.0. The van der Waals surface area contributed by atoms with Crippen molar-refractivity contribution in [3.05, 3.63) is 29.8 Å². The largest absolute Gasteiger partial charge is 0.381 e. The second-order valence-corrected chi connectivity index (χ2v) is 8.19. The maximum absolute atomic E-state index is 12.6. The summed E-state index contributed by atoms with van der Waals surface area (Å²) in [5.74, 6) is 0.917. The molecule has 0 aromatic heterocycles. The fourth-order valence-electron chi connectivity index (χ4n) is 4.01. The van der Waals surface area contributed by atoms with Gasteiger partial charge in [-0.15, -0.1) is 0 Å². The molecule has 0 radical (unpaired) electrons. The van der Waals surface area contributed by atoms with Crippen LogP contribution in [0.25, 0.3) is 0 Å². The van der Waals surface area contributed by atoms with Crippen LogP contribution in [0.5, 0.6) is 0 Å². The molecule has 1 N–H and O–H groups in total. The van der Waals surface area contributed by atoms with Crippen LogP contribution in [0.2, 0.25) is 0 Å². The number of benzene rings is 1. The molecule has 2 fully saturated rings. The van der Waals surface area contributed by atoms with E-state index in [0.717, 1.165) is 51.0 Å². The summed E-state index contributed by atoms with van der Waals surface area (Å²) in [5.41, 5.74) is 2.46. The van der Waals surface area contributed by atoms with Gasteiger partial charge >= 0.3 is 0 Å². The SMILES string of the molecule is CC(C)c1ccc(N[C@@H]2CCCN(C(=O)CCN3CCCCC3=O)C2)cc1. The minimum Gasteiger partial charge on any atom is -0.381 e. The summed E-state index contributed by atoms with van der Waals surface area (Å²) in [6, 6.07) is 8.92. The number of hydrogen-bond donors (Lipinski definition) is 1. The number of nitrogens with zero attached hydrogens (tertiary/aromatic N) is 2. The van der Waals surface area contributed by atoms with Crippen LogP contribution in [0, 0.1) is 0 Å². The second-order valence-electron chi connectivity index (χ2n) is 8.19. The molecular weight excluding hydrogens is 338 g/mol. The number of hydrogen-bond acceptors (Lipinski definition) is 3. The van der Waals surface area contributed by atoms with Gasteiger partial charge in [-0.25, -0.2) is 0 Å². The molecule has 2 heterocycles. The predicted molar refractivity (Wildman–Crippen MR) is 109 cm³/mol. The number of likely N-dealkylation sites (tertiary alicyclic amines) is 2. The van der Waals surface area contributed by atoms with Crippen LogP contribution in [0.1, 0.15) is 63.9 Å². The van der Waals surface area contributed by atoms with Gasteiger partial charge in [0.05, 0.1) is 0 Å². The molecule has 3 rings (SSSR count). The molecule has 27 heavy (non-hydrogen) atoms. The molecule has 5 nitrogen and oxygen atoms in total. The zero-order valence-electron chi connectivity index (χ0n) is 16.7. The number of carbonyl (C=O) groups is 2. The van der Waals surface area contributed by atoms with Gasteiger partial charge in [-0.05, 0) is 49.3 Å². The molecule has 1 aromatic rings. The van der Waals surface area contributed by atoms with Gasteiger partial charge in [0.15, 0.2) is 0 Å². The van der Waals surface area contributed by atoms with Crippen LogP contribution in [0.15, 0.2) is 24.3 Å². The molecular formula is C22H33N3O2. The summed E-state index contributed by atoms with van der Waals surface area (Å²) in [7, 11) is 0.